The zero-order valence-corrected chi connectivity index (χ0v) is 10.9. The summed E-state index contributed by atoms with van der Waals surface area (Å²) in [4.78, 5) is 10.4. The second kappa shape index (κ2) is 7.77. The molecule has 6 heteroatoms. The van der Waals surface area contributed by atoms with E-state index in [4.69, 9.17) is 9.84 Å². The van der Waals surface area contributed by atoms with Crippen LogP contribution in [0.2, 0.25) is 0 Å². The molecular weight excluding hydrogens is 273 g/mol. The van der Waals surface area contributed by atoms with Crippen LogP contribution in [0.5, 0.6) is 5.75 Å². The monoisotopic (exact) mass is 290 g/mol. The lowest BCUT2D eigenvalue weighted by Crippen LogP contribution is -2.25. The molecule has 1 rings (SSSR count). The Morgan fingerprint density at radius 1 is 1.20 bits per heavy atom. The van der Waals surface area contributed by atoms with Gasteiger partial charge in [-0.25, -0.2) is 0 Å². The molecule has 0 spiro atoms. The van der Waals surface area contributed by atoms with Crippen LogP contribution in [0.3, 0.4) is 0 Å². The van der Waals surface area contributed by atoms with Gasteiger partial charge in [0.25, 0.3) is 0 Å². The number of unbranched alkanes of at least 4 members (excludes halogenated alkanes) is 1. The number of rotatable bonds is 8. The van der Waals surface area contributed by atoms with Gasteiger partial charge in [0.15, 0.2) is 0 Å². The Balaban J connectivity index is 2.25. The minimum Gasteiger partial charge on any atom is -0.494 e. The Labute approximate surface area is 115 Å². The number of halogens is 3. The van der Waals surface area contributed by atoms with Crippen LogP contribution in [-0.2, 0) is 4.79 Å². The van der Waals surface area contributed by atoms with Gasteiger partial charge in [-0.15, -0.1) is 0 Å². The number of hydrogen-bond donors (Lipinski definition) is 1. The number of aliphatic carboxylic acids is 1. The molecule has 1 aromatic rings. The summed E-state index contributed by atoms with van der Waals surface area (Å²) in [5.74, 6) is -2.53. The van der Waals surface area contributed by atoms with Crippen molar-refractivity contribution in [3.63, 3.8) is 0 Å². The van der Waals surface area contributed by atoms with Crippen molar-refractivity contribution in [2.45, 2.75) is 31.9 Å². The van der Waals surface area contributed by atoms with E-state index in [2.05, 4.69) is 0 Å². The molecule has 0 saturated heterocycles. The standard InChI is InChI=1S/C14H17F3O3/c15-14(16,17)11(10-13(18)19)6-4-5-9-20-12-7-2-1-3-8-12/h1-3,7-8,11H,4-6,9-10H2,(H,18,19). The lowest BCUT2D eigenvalue weighted by molar-refractivity contribution is -0.184. The molecule has 0 aliphatic rings. The number of ether oxygens (including phenoxy) is 1. The smallest absolute Gasteiger partial charge is 0.392 e. The highest BCUT2D eigenvalue weighted by Crippen LogP contribution is 2.32. The number of carboxylic acid groups (broad SMARTS) is 1. The van der Waals surface area contributed by atoms with Gasteiger partial charge in [-0.3, -0.25) is 4.79 Å². The number of alkyl halides is 3. The van der Waals surface area contributed by atoms with Gasteiger partial charge in [0.2, 0.25) is 0 Å². The molecule has 0 fully saturated rings. The fraction of sp³-hybridized carbons (Fsp3) is 0.500. The fourth-order valence-corrected chi connectivity index (χ4v) is 1.79. The number of hydrogen-bond acceptors (Lipinski definition) is 2. The summed E-state index contributed by atoms with van der Waals surface area (Å²) in [6.45, 7) is 0.321. The summed E-state index contributed by atoms with van der Waals surface area (Å²) in [7, 11) is 0. The van der Waals surface area contributed by atoms with Crippen LogP contribution < -0.4 is 4.74 Å². The normalized spacial score (nSPS) is 12.9. The Morgan fingerprint density at radius 3 is 2.40 bits per heavy atom. The second-order valence-electron chi connectivity index (χ2n) is 4.49. The average molecular weight is 290 g/mol. The SMILES string of the molecule is O=C(O)CC(CCCCOc1ccccc1)C(F)(F)F. The van der Waals surface area contributed by atoms with Gasteiger partial charge in [-0.05, 0) is 31.4 Å². The van der Waals surface area contributed by atoms with E-state index < -0.39 is 24.5 Å². The first-order valence-corrected chi connectivity index (χ1v) is 6.36. The van der Waals surface area contributed by atoms with E-state index in [1.807, 2.05) is 18.2 Å². The maximum Gasteiger partial charge on any atom is 0.392 e. The fourth-order valence-electron chi connectivity index (χ4n) is 1.79. The molecule has 1 N–H and O–H groups in total. The molecule has 0 amide bonds. The third-order valence-electron chi connectivity index (χ3n) is 2.84. The van der Waals surface area contributed by atoms with E-state index >= 15 is 0 Å². The van der Waals surface area contributed by atoms with Crippen LogP contribution in [0, 0.1) is 5.92 Å². The second-order valence-corrected chi connectivity index (χ2v) is 4.49. The number of carboxylic acids is 1. The predicted octanol–water partition coefficient (Wildman–Crippen LogP) is 3.89. The summed E-state index contributed by atoms with van der Waals surface area (Å²) in [6.07, 6.45) is -4.78. The van der Waals surface area contributed by atoms with Crippen LogP contribution in [0.25, 0.3) is 0 Å². The van der Waals surface area contributed by atoms with Crippen LogP contribution in [0.15, 0.2) is 30.3 Å². The van der Waals surface area contributed by atoms with Crippen LogP contribution in [0.4, 0.5) is 13.2 Å². The Morgan fingerprint density at radius 2 is 1.85 bits per heavy atom. The van der Waals surface area contributed by atoms with Crippen LogP contribution in [0.1, 0.15) is 25.7 Å². The first-order valence-electron chi connectivity index (χ1n) is 6.36. The molecule has 3 nitrogen and oxygen atoms in total. The van der Waals surface area contributed by atoms with Crippen LogP contribution in [-0.4, -0.2) is 23.9 Å². The molecule has 0 heterocycles. The quantitative estimate of drug-likeness (QED) is 0.739. The highest BCUT2D eigenvalue weighted by molar-refractivity contribution is 5.67. The zero-order valence-electron chi connectivity index (χ0n) is 10.9. The predicted molar refractivity (Wildman–Crippen MR) is 67.6 cm³/mol. The highest BCUT2D eigenvalue weighted by atomic mass is 19.4. The minimum absolute atomic E-state index is 0.187. The van der Waals surface area contributed by atoms with Gasteiger partial charge in [0.05, 0.1) is 18.9 Å². The first-order chi connectivity index (χ1) is 9.39. The molecule has 0 aromatic heterocycles. The Hall–Kier alpha value is -1.72. The third kappa shape index (κ3) is 6.45. The van der Waals surface area contributed by atoms with Crippen molar-refractivity contribution in [3.05, 3.63) is 30.3 Å². The maximum absolute atomic E-state index is 12.6. The molecule has 0 aliphatic heterocycles. The van der Waals surface area contributed by atoms with E-state index in [9.17, 15) is 18.0 Å². The van der Waals surface area contributed by atoms with Crippen molar-refractivity contribution < 1.29 is 27.8 Å². The van der Waals surface area contributed by atoms with Gasteiger partial charge in [-0.1, -0.05) is 18.2 Å². The molecule has 20 heavy (non-hydrogen) atoms. The molecule has 0 bridgehead atoms. The topological polar surface area (TPSA) is 46.5 Å². The van der Waals surface area contributed by atoms with E-state index in [1.165, 1.54) is 0 Å². The lowest BCUT2D eigenvalue weighted by Gasteiger charge is -2.18. The molecule has 0 radical (unpaired) electrons. The minimum atomic E-state index is -4.46. The summed E-state index contributed by atoms with van der Waals surface area (Å²) in [6, 6.07) is 8.99. The highest BCUT2D eigenvalue weighted by Gasteiger charge is 2.40. The van der Waals surface area contributed by atoms with Gasteiger partial charge in [0.1, 0.15) is 5.75 Å². The molecule has 0 saturated carbocycles. The Bertz CT molecular complexity index is 404. The summed E-state index contributed by atoms with van der Waals surface area (Å²) < 4.78 is 43.0. The van der Waals surface area contributed by atoms with Crippen LogP contribution >= 0.6 is 0 Å². The van der Waals surface area contributed by atoms with Crippen molar-refractivity contribution in [1.82, 2.24) is 0 Å². The maximum atomic E-state index is 12.6. The average Bonchev–Trinajstić information content (AvgIpc) is 2.36. The van der Waals surface area contributed by atoms with Gasteiger partial charge in [-0.2, -0.15) is 13.2 Å². The molecule has 112 valence electrons. The van der Waals surface area contributed by atoms with Crippen molar-refractivity contribution in [3.8, 4) is 5.75 Å². The van der Waals surface area contributed by atoms with Gasteiger partial charge < -0.3 is 9.84 Å². The number of carbonyl (C=O) groups is 1. The molecule has 1 atom stereocenters. The van der Waals surface area contributed by atoms with E-state index in [-0.39, 0.29) is 12.8 Å². The van der Waals surface area contributed by atoms with Gasteiger partial charge in [0, 0.05) is 0 Å². The van der Waals surface area contributed by atoms with Crippen molar-refractivity contribution in [1.29, 1.82) is 0 Å². The van der Waals surface area contributed by atoms with Crippen molar-refractivity contribution >= 4 is 5.97 Å². The third-order valence-corrected chi connectivity index (χ3v) is 2.84. The summed E-state index contributed by atoms with van der Waals surface area (Å²) in [5.41, 5.74) is 0. The molecule has 1 unspecified atom stereocenters. The Kier molecular flexibility index (Phi) is 6.35. The summed E-state index contributed by atoms with van der Waals surface area (Å²) in [5, 5.41) is 8.47. The van der Waals surface area contributed by atoms with Crippen molar-refractivity contribution in [2.75, 3.05) is 6.61 Å². The number of para-hydroxylation sites is 1. The van der Waals surface area contributed by atoms with E-state index in [0.717, 1.165) is 0 Å². The zero-order chi connectivity index (χ0) is 15.0. The molecular formula is C14H17F3O3. The number of benzene rings is 1. The lowest BCUT2D eigenvalue weighted by atomic mass is 9.98. The van der Waals surface area contributed by atoms with E-state index in [1.54, 1.807) is 12.1 Å². The van der Waals surface area contributed by atoms with E-state index in [0.29, 0.717) is 18.8 Å². The largest absolute Gasteiger partial charge is 0.494 e. The van der Waals surface area contributed by atoms with Crippen molar-refractivity contribution in [2.24, 2.45) is 5.92 Å². The molecule has 0 aliphatic carbocycles. The summed E-state index contributed by atoms with van der Waals surface area (Å²) >= 11 is 0. The van der Waals surface area contributed by atoms with Gasteiger partial charge >= 0.3 is 12.1 Å². The molecule has 1 aromatic carbocycles. The first kappa shape index (κ1) is 16.3.